The second kappa shape index (κ2) is 6.46. The minimum Gasteiger partial charge on any atom is -0.497 e. The van der Waals surface area contributed by atoms with Crippen LogP contribution in [-0.4, -0.2) is 24.5 Å². The Balaban J connectivity index is 1.99. The van der Waals surface area contributed by atoms with Gasteiger partial charge in [-0.2, -0.15) is 0 Å². The number of Topliss-reactive ketones (excluding diaryl/α,β-unsaturated/α-hetero) is 3. The van der Waals surface area contributed by atoms with Gasteiger partial charge >= 0.3 is 0 Å². The number of hydrogen-bond donors (Lipinski definition) is 0. The zero-order valence-electron chi connectivity index (χ0n) is 11.6. The fourth-order valence-corrected chi connectivity index (χ4v) is 2.48. The SMILES string of the molecule is COc1ccc(C(=O)CC(=O)C2CCCCC2=O)cc1. The number of ether oxygens (including phenoxy) is 1. The first-order valence-corrected chi connectivity index (χ1v) is 6.84. The predicted octanol–water partition coefficient (Wildman–Crippen LogP) is 2.60. The van der Waals surface area contributed by atoms with Crippen LogP contribution in [0.15, 0.2) is 24.3 Å². The minimum atomic E-state index is -0.564. The quantitative estimate of drug-likeness (QED) is 0.611. The zero-order valence-corrected chi connectivity index (χ0v) is 11.6. The van der Waals surface area contributed by atoms with Gasteiger partial charge in [-0.15, -0.1) is 0 Å². The van der Waals surface area contributed by atoms with Crippen molar-refractivity contribution < 1.29 is 19.1 Å². The Hall–Kier alpha value is -1.97. The number of hydrogen-bond acceptors (Lipinski definition) is 4. The molecule has 0 aliphatic heterocycles. The fourth-order valence-electron chi connectivity index (χ4n) is 2.48. The molecule has 106 valence electrons. The first-order valence-electron chi connectivity index (χ1n) is 6.84. The number of methoxy groups -OCH3 is 1. The lowest BCUT2D eigenvalue weighted by Gasteiger charge is -2.18. The molecule has 1 aliphatic rings. The van der Waals surface area contributed by atoms with Crippen LogP contribution in [0.25, 0.3) is 0 Å². The van der Waals surface area contributed by atoms with E-state index in [0.29, 0.717) is 24.2 Å². The van der Waals surface area contributed by atoms with Gasteiger partial charge in [0, 0.05) is 12.0 Å². The van der Waals surface area contributed by atoms with Crippen molar-refractivity contribution >= 4 is 17.3 Å². The van der Waals surface area contributed by atoms with Crippen LogP contribution >= 0.6 is 0 Å². The van der Waals surface area contributed by atoms with Gasteiger partial charge < -0.3 is 4.74 Å². The first kappa shape index (κ1) is 14.4. The lowest BCUT2D eigenvalue weighted by molar-refractivity contribution is -0.133. The van der Waals surface area contributed by atoms with Crippen molar-refractivity contribution in [3.63, 3.8) is 0 Å². The lowest BCUT2D eigenvalue weighted by Crippen LogP contribution is -2.28. The molecule has 1 aromatic rings. The van der Waals surface area contributed by atoms with Crippen LogP contribution in [0.5, 0.6) is 5.75 Å². The largest absolute Gasteiger partial charge is 0.497 e. The van der Waals surface area contributed by atoms with Gasteiger partial charge in [-0.1, -0.05) is 6.42 Å². The van der Waals surface area contributed by atoms with Gasteiger partial charge in [0.1, 0.15) is 11.5 Å². The maximum Gasteiger partial charge on any atom is 0.170 e. The molecule has 1 aromatic carbocycles. The summed E-state index contributed by atoms with van der Waals surface area (Å²) in [4.78, 5) is 35.8. The smallest absolute Gasteiger partial charge is 0.170 e. The van der Waals surface area contributed by atoms with Crippen LogP contribution in [-0.2, 0) is 9.59 Å². The molecule has 2 rings (SSSR count). The number of benzene rings is 1. The lowest BCUT2D eigenvalue weighted by atomic mass is 9.83. The molecule has 0 radical (unpaired) electrons. The number of carbonyl (C=O) groups is 3. The molecular formula is C16H18O4. The highest BCUT2D eigenvalue weighted by molar-refractivity contribution is 6.14. The number of rotatable bonds is 5. The number of ketones is 3. The van der Waals surface area contributed by atoms with E-state index in [1.54, 1.807) is 31.4 Å². The van der Waals surface area contributed by atoms with Gasteiger partial charge in [0.2, 0.25) is 0 Å². The molecule has 0 bridgehead atoms. The Morgan fingerprint density at radius 2 is 1.90 bits per heavy atom. The van der Waals surface area contributed by atoms with E-state index in [0.717, 1.165) is 12.8 Å². The zero-order chi connectivity index (χ0) is 14.5. The molecule has 0 aromatic heterocycles. The molecule has 1 unspecified atom stereocenters. The Morgan fingerprint density at radius 1 is 1.20 bits per heavy atom. The summed E-state index contributed by atoms with van der Waals surface area (Å²) in [5, 5.41) is 0. The predicted molar refractivity (Wildman–Crippen MR) is 73.9 cm³/mol. The van der Waals surface area contributed by atoms with E-state index in [1.807, 2.05) is 0 Å². The highest BCUT2D eigenvalue weighted by atomic mass is 16.5. The molecule has 1 saturated carbocycles. The van der Waals surface area contributed by atoms with Crippen LogP contribution in [0.1, 0.15) is 42.5 Å². The summed E-state index contributed by atoms with van der Waals surface area (Å²) in [5.41, 5.74) is 0.474. The van der Waals surface area contributed by atoms with E-state index in [9.17, 15) is 14.4 Å². The third kappa shape index (κ3) is 3.32. The summed E-state index contributed by atoms with van der Waals surface area (Å²) in [6.07, 6.45) is 2.61. The maximum atomic E-state index is 12.0. The van der Waals surface area contributed by atoms with Gasteiger partial charge in [0.05, 0.1) is 19.4 Å². The second-order valence-corrected chi connectivity index (χ2v) is 5.06. The average molecular weight is 274 g/mol. The normalized spacial score (nSPS) is 18.6. The van der Waals surface area contributed by atoms with Crippen molar-refractivity contribution in [3.8, 4) is 5.75 Å². The van der Waals surface area contributed by atoms with E-state index in [1.165, 1.54) is 0 Å². The second-order valence-electron chi connectivity index (χ2n) is 5.06. The van der Waals surface area contributed by atoms with E-state index in [4.69, 9.17) is 4.74 Å². The van der Waals surface area contributed by atoms with Crippen LogP contribution in [0.4, 0.5) is 0 Å². The van der Waals surface area contributed by atoms with Crippen LogP contribution < -0.4 is 4.74 Å². The van der Waals surface area contributed by atoms with Crippen molar-refractivity contribution in [2.75, 3.05) is 7.11 Å². The Kier molecular flexibility index (Phi) is 4.66. The fraction of sp³-hybridized carbons (Fsp3) is 0.438. The molecule has 4 heteroatoms. The molecule has 0 saturated heterocycles. The Morgan fingerprint density at radius 3 is 2.50 bits per heavy atom. The van der Waals surface area contributed by atoms with Crippen molar-refractivity contribution in [1.82, 2.24) is 0 Å². The van der Waals surface area contributed by atoms with Gasteiger partial charge in [-0.25, -0.2) is 0 Å². The minimum absolute atomic E-state index is 0.0104. The van der Waals surface area contributed by atoms with Gasteiger partial charge in [0.15, 0.2) is 11.6 Å². The molecular weight excluding hydrogens is 256 g/mol. The van der Waals surface area contributed by atoms with Crippen LogP contribution in [0.3, 0.4) is 0 Å². The Bertz CT molecular complexity index is 516. The Labute approximate surface area is 118 Å². The monoisotopic (exact) mass is 274 g/mol. The van der Waals surface area contributed by atoms with Crippen molar-refractivity contribution in [2.24, 2.45) is 5.92 Å². The molecule has 0 heterocycles. The summed E-state index contributed by atoms with van der Waals surface area (Å²) < 4.78 is 5.02. The van der Waals surface area contributed by atoms with Gasteiger partial charge in [-0.3, -0.25) is 14.4 Å². The maximum absolute atomic E-state index is 12.0. The van der Waals surface area contributed by atoms with Gasteiger partial charge in [0.25, 0.3) is 0 Å². The molecule has 0 N–H and O–H groups in total. The van der Waals surface area contributed by atoms with E-state index >= 15 is 0 Å². The molecule has 1 atom stereocenters. The van der Waals surface area contributed by atoms with Gasteiger partial charge in [-0.05, 0) is 37.1 Å². The summed E-state index contributed by atoms with van der Waals surface area (Å²) in [6.45, 7) is 0. The van der Waals surface area contributed by atoms with E-state index in [-0.39, 0.29) is 23.8 Å². The highest BCUT2D eigenvalue weighted by Gasteiger charge is 2.29. The van der Waals surface area contributed by atoms with E-state index in [2.05, 4.69) is 0 Å². The summed E-state index contributed by atoms with van der Waals surface area (Å²) in [5.74, 6) is -0.392. The average Bonchev–Trinajstić information content (AvgIpc) is 2.47. The molecule has 1 aliphatic carbocycles. The molecule has 1 fully saturated rings. The molecule has 4 nitrogen and oxygen atoms in total. The standard InChI is InChI=1S/C16H18O4/c1-20-12-8-6-11(7-9-12)15(18)10-16(19)13-4-2-3-5-14(13)17/h6-9,13H,2-5,10H2,1H3. The number of carbonyl (C=O) groups excluding carboxylic acids is 3. The van der Waals surface area contributed by atoms with Crippen LogP contribution in [0, 0.1) is 5.92 Å². The topological polar surface area (TPSA) is 60.4 Å². The summed E-state index contributed by atoms with van der Waals surface area (Å²) in [7, 11) is 1.55. The summed E-state index contributed by atoms with van der Waals surface area (Å²) in [6, 6.07) is 6.64. The molecule has 0 amide bonds. The van der Waals surface area contributed by atoms with E-state index < -0.39 is 5.92 Å². The highest BCUT2D eigenvalue weighted by Crippen LogP contribution is 2.23. The van der Waals surface area contributed by atoms with Crippen molar-refractivity contribution in [1.29, 1.82) is 0 Å². The third-order valence-corrected chi connectivity index (χ3v) is 3.69. The first-order chi connectivity index (χ1) is 9.61. The summed E-state index contributed by atoms with van der Waals surface area (Å²) >= 11 is 0. The van der Waals surface area contributed by atoms with Crippen molar-refractivity contribution in [2.45, 2.75) is 32.1 Å². The molecule has 20 heavy (non-hydrogen) atoms. The molecule has 0 spiro atoms. The third-order valence-electron chi connectivity index (χ3n) is 3.69. The van der Waals surface area contributed by atoms with Crippen LogP contribution in [0.2, 0.25) is 0 Å². The van der Waals surface area contributed by atoms with Crippen molar-refractivity contribution in [3.05, 3.63) is 29.8 Å².